The number of ether oxygens (including phenoxy) is 1. The number of hydrogen-bond donors (Lipinski definition) is 2. The van der Waals surface area contributed by atoms with E-state index in [-0.39, 0.29) is 4.90 Å². The maximum atomic E-state index is 11.4. The number of para-hydroxylation sites is 1. The highest BCUT2D eigenvalue weighted by Crippen LogP contribution is 2.22. The van der Waals surface area contributed by atoms with E-state index in [1.807, 2.05) is 31.2 Å². The molecular weight excluding hydrogens is 288 g/mol. The maximum Gasteiger partial charge on any atom is 0.238 e. The summed E-state index contributed by atoms with van der Waals surface area (Å²) in [5.41, 5.74) is 2.66. The monoisotopic (exact) mass is 306 g/mol. The zero-order valence-corrected chi connectivity index (χ0v) is 12.8. The number of rotatable bonds is 5. The zero-order chi connectivity index (χ0) is 15.5. The third-order valence-corrected chi connectivity index (χ3v) is 4.11. The summed E-state index contributed by atoms with van der Waals surface area (Å²) >= 11 is 0. The average Bonchev–Trinajstić information content (AvgIpc) is 2.45. The average molecular weight is 306 g/mol. The molecule has 0 atom stereocenters. The molecule has 0 unspecified atom stereocenters. The number of anilines is 1. The molecule has 0 amide bonds. The molecule has 6 heteroatoms. The van der Waals surface area contributed by atoms with Crippen LogP contribution in [0.15, 0.2) is 47.4 Å². The van der Waals surface area contributed by atoms with E-state index >= 15 is 0 Å². The van der Waals surface area contributed by atoms with Gasteiger partial charge in [0.2, 0.25) is 10.0 Å². The van der Waals surface area contributed by atoms with Crippen molar-refractivity contribution < 1.29 is 13.2 Å². The number of nitrogens with two attached hydrogens (primary N) is 1. The summed E-state index contributed by atoms with van der Waals surface area (Å²) in [6, 6.07) is 12.4. The van der Waals surface area contributed by atoms with Crippen LogP contribution in [0.3, 0.4) is 0 Å². The predicted octanol–water partition coefficient (Wildman–Crippen LogP) is 2.26. The van der Waals surface area contributed by atoms with E-state index in [4.69, 9.17) is 9.88 Å². The second-order valence-corrected chi connectivity index (χ2v) is 6.25. The summed E-state index contributed by atoms with van der Waals surface area (Å²) in [4.78, 5) is 0.0932. The van der Waals surface area contributed by atoms with Crippen LogP contribution in [0.4, 0.5) is 5.69 Å². The van der Waals surface area contributed by atoms with E-state index < -0.39 is 10.0 Å². The SMILES string of the molecule is COc1ccccc1CNc1cc(S(N)(=O)=O)ccc1C. The lowest BCUT2D eigenvalue weighted by Gasteiger charge is -2.13. The van der Waals surface area contributed by atoms with Crippen molar-refractivity contribution in [1.29, 1.82) is 0 Å². The van der Waals surface area contributed by atoms with Gasteiger partial charge in [-0.3, -0.25) is 0 Å². The number of methoxy groups -OCH3 is 1. The van der Waals surface area contributed by atoms with E-state index in [1.165, 1.54) is 6.07 Å². The molecule has 0 aliphatic heterocycles. The first-order valence-electron chi connectivity index (χ1n) is 6.41. The molecule has 2 aromatic carbocycles. The number of primary sulfonamides is 1. The van der Waals surface area contributed by atoms with Crippen molar-refractivity contribution in [1.82, 2.24) is 0 Å². The van der Waals surface area contributed by atoms with Crippen molar-refractivity contribution in [2.45, 2.75) is 18.4 Å². The van der Waals surface area contributed by atoms with Crippen molar-refractivity contribution in [2.75, 3.05) is 12.4 Å². The van der Waals surface area contributed by atoms with Crippen LogP contribution in [0.5, 0.6) is 5.75 Å². The van der Waals surface area contributed by atoms with E-state index in [9.17, 15) is 8.42 Å². The van der Waals surface area contributed by atoms with Crippen LogP contribution in [-0.4, -0.2) is 15.5 Å². The molecule has 0 saturated heterocycles. The minimum Gasteiger partial charge on any atom is -0.496 e. The van der Waals surface area contributed by atoms with Crippen molar-refractivity contribution in [3.8, 4) is 5.75 Å². The highest BCUT2D eigenvalue weighted by atomic mass is 32.2. The minimum absolute atomic E-state index is 0.0932. The van der Waals surface area contributed by atoms with E-state index in [0.717, 1.165) is 22.6 Å². The summed E-state index contributed by atoms with van der Waals surface area (Å²) < 4.78 is 28.1. The first-order valence-corrected chi connectivity index (χ1v) is 7.95. The molecular formula is C15H18N2O3S. The topological polar surface area (TPSA) is 81.4 Å². The minimum atomic E-state index is -3.70. The van der Waals surface area contributed by atoms with Gasteiger partial charge in [0.15, 0.2) is 0 Å². The summed E-state index contributed by atoms with van der Waals surface area (Å²) in [7, 11) is -2.09. The van der Waals surface area contributed by atoms with Crippen LogP contribution in [0.2, 0.25) is 0 Å². The maximum absolute atomic E-state index is 11.4. The molecule has 5 nitrogen and oxygen atoms in total. The summed E-state index contributed by atoms with van der Waals surface area (Å²) in [6.45, 7) is 2.43. The molecule has 0 spiro atoms. The van der Waals surface area contributed by atoms with Gasteiger partial charge < -0.3 is 10.1 Å². The summed E-state index contributed by atoms with van der Waals surface area (Å²) in [6.07, 6.45) is 0. The molecule has 0 aliphatic rings. The number of hydrogen-bond acceptors (Lipinski definition) is 4. The Kier molecular flexibility index (Phi) is 4.50. The first-order chi connectivity index (χ1) is 9.91. The Labute approximate surface area is 124 Å². The normalized spacial score (nSPS) is 11.2. The van der Waals surface area contributed by atoms with E-state index in [0.29, 0.717) is 6.54 Å². The molecule has 0 radical (unpaired) electrons. The van der Waals surface area contributed by atoms with Gasteiger partial charge in [-0.1, -0.05) is 24.3 Å². The lowest BCUT2D eigenvalue weighted by atomic mass is 10.1. The van der Waals surface area contributed by atoms with Crippen LogP contribution in [0.25, 0.3) is 0 Å². The Bertz CT molecular complexity index is 742. The van der Waals surface area contributed by atoms with Gasteiger partial charge in [0, 0.05) is 17.8 Å². The van der Waals surface area contributed by atoms with Crippen LogP contribution in [0, 0.1) is 6.92 Å². The summed E-state index contributed by atoms with van der Waals surface area (Å²) in [5, 5.41) is 8.37. The van der Waals surface area contributed by atoms with Crippen molar-refractivity contribution in [2.24, 2.45) is 5.14 Å². The Morgan fingerprint density at radius 3 is 2.57 bits per heavy atom. The zero-order valence-electron chi connectivity index (χ0n) is 12.0. The highest BCUT2D eigenvalue weighted by Gasteiger charge is 2.10. The molecule has 0 fully saturated rings. The van der Waals surface area contributed by atoms with E-state index in [1.54, 1.807) is 19.2 Å². The van der Waals surface area contributed by atoms with Gasteiger partial charge >= 0.3 is 0 Å². The number of benzene rings is 2. The molecule has 0 bridgehead atoms. The Morgan fingerprint density at radius 1 is 1.19 bits per heavy atom. The fourth-order valence-electron chi connectivity index (χ4n) is 2.01. The van der Waals surface area contributed by atoms with Gasteiger partial charge in [0.05, 0.1) is 12.0 Å². The number of aryl methyl sites for hydroxylation is 1. The molecule has 2 rings (SSSR count). The van der Waals surface area contributed by atoms with Crippen LogP contribution in [-0.2, 0) is 16.6 Å². The molecule has 21 heavy (non-hydrogen) atoms. The second kappa shape index (κ2) is 6.15. The molecule has 112 valence electrons. The highest BCUT2D eigenvalue weighted by molar-refractivity contribution is 7.89. The third-order valence-electron chi connectivity index (χ3n) is 3.20. The fraction of sp³-hybridized carbons (Fsp3) is 0.200. The van der Waals surface area contributed by atoms with Gasteiger partial charge in [0.25, 0.3) is 0 Å². The standard InChI is InChI=1S/C15H18N2O3S/c1-11-7-8-13(21(16,18)19)9-14(11)17-10-12-5-3-4-6-15(12)20-2/h3-9,17H,10H2,1-2H3,(H2,16,18,19). The number of nitrogens with one attached hydrogen (secondary N) is 1. The lowest BCUT2D eigenvalue weighted by molar-refractivity contribution is 0.410. The van der Waals surface area contributed by atoms with Gasteiger partial charge in [-0.2, -0.15) is 0 Å². The smallest absolute Gasteiger partial charge is 0.238 e. The predicted molar refractivity (Wildman–Crippen MR) is 82.9 cm³/mol. The van der Waals surface area contributed by atoms with Crippen LogP contribution >= 0.6 is 0 Å². The molecule has 3 N–H and O–H groups in total. The van der Waals surface area contributed by atoms with Crippen molar-refractivity contribution >= 4 is 15.7 Å². The summed E-state index contributed by atoms with van der Waals surface area (Å²) in [5.74, 6) is 0.783. The van der Waals surface area contributed by atoms with E-state index in [2.05, 4.69) is 5.32 Å². The molecule has 0 heterocycles. The Balaban J connectivity index is 2.24. The Hall–Kier alpha value is -2.05. The largest absolute Gasteiger partial charge is 0.496 e. The van der Waals surface area contributed by atoms with Crippen molar-refractivity contribution in [3.05, 3.63) is 53.6 Å². The molecule has 0 aliphatic carbocycles. The van der Waals surface area contributed by atoms with Gasteiger partial charge in [0.1, 0.15) is 5.75 Å². The first kappa shape index (κ1) is 15.3. The van der Waals surface area contributed by atoms with Crippen LogP contribution in [0.1, 0.15) is 11.1 Å². The van der Waals surface area contributed by atoms with Crippen molar-refractivity contribution in [3.63, 3.8) is 0 Å². The molecule has 0 saturated carbocycles. The fourth-order valence-corrected chi connectivity index (χ4v) is 2.55. The van der Waals surface area contributed by atoms with Gasteiger partial charge in [-0.25, -0.2) is 13.6 Å². The van der Waals surface area contributed by atoms with Crippen LogP contribution < -0.4 is 15.2 Å². The lowest BCUT2D eigenvalue weighted by Crippen LogP contribution is -2.13. The quantitative estimate of drug-likeness (QED) is 0.888. The second-order valence-electron chi connectivity index (χ2n) is 4.69. The van der Waals surface area contributed by atoms with Gasteiger partial charge in [-0.15, -0.1) is 0 Å². The molecule has 0 aromatic heterocycles. The number of sulfonamides is 1. The molecule has 2 aromatic rings. The van der Waals surface area contributed by atoms with Gasteiger partial charge in [-0.05, 0) is 30.7 Å². The Morgan fingerprint density at radius 2 is 1.90 bits per heavy atom. The third kappa shape index (κ3) is 3.74.